The summed E-state index contributed by atoms with van der Waals surface area (Å²) >= 11 is 3.00. The Labute approximate surface area is 267 Å². The van der Waals surface area contributed by atoms with Crippen LogP contribution in [-0.2, 0) is 28.7 Å². The Hall–Kier alpha value is -2.25. The van der Waals surface area contributed by atoms with Gasteiger partial charge in [-0.05, 0) is 59.9 Å². The first-order chi connectivity index (χ1) is 21.6. The van der Waals surface area contributed by atoms with Crippen LogP contribution in [-0.4, -0.2) is 115 Å². The summed E-state index contributed by atoms with van der Waals surface area (Å²) in [7, 11) is 0. The van der Waals surface area contributed by atoms with E-state index >= 15 is 0 Å². The molecule has 45 heavy (non-hydrogen) atoms. The van der Waals surface area contributed by atoms with Crippen molar-refractivity contribution in [2.45, 2.75) is 87.6 Å². The Morgan fingerprint density at radius 2 is 1.11 bits per heavy atom. The van der Waals surface area contributed by atoms with Crippen LogP contribution in [0.5, 0.6) is 11.5 Å². The molecule has 1 aromatic carbocycles. The predicted molar refractivity (Wildman–Crippen MR) is 161 cm³/mol. The number of aryl methyl sites for hydroxylation is 3. The van der Waals surface area contributed by atoms with Crippen LogP contribution in [0.4, 0.5) is 4.39 Å². The van der Waals surface area contributed by atoms with Crippen molar-refractivity contribution in [2.75, 3.05) is 13.2 Å². The first kappa shape index (κ1) is 35.6. The zero-order chi connectivity index (χ0) is 32.7. The largest absolute Gasteiger partial charge is 0.461 e. The van der Waals surface area contributed by atoms with E-state index in [2.05, 4.69) is 0 Å². The molecule has 0 radical (unpaired) electrons. The molecule has 10 unspecified atom stereocenters. The molecule has 15 heteroatoms. The van der Waals surface area contributed by atoms with Gasteiger partial charge in [-0.3, -0.25) is 0 Å². The van der Waals surface area contributed by atoms with Gasteiger partial charge in [0.1, 0.15) is 66.1 Å². The first-order valence-corrected chi connectivity index (χ1v) is 16.1. The zero-order valence-electron chi connectivity index (χ0n) is 24.3. The fraction of sp³-hybridized carbons (Fsp3) is 0.533. The van der Waals surface area contributed by atoms with E-state index in [0.717, 1.165) is 21.7 Å². The van der Waals surface area contributed by atoms with E-state index in [4.69, 9.17) is 24.1 Å². The highest BCUT2D eigenvalue weighted by atomic mass is 32.1. The summed E-state index contributed by atoms with van der Waals surface area (Å²) in [4.78, 5) is 1.91. The number of hydrogen-bond donors (Lipinski definition) is 8. The average Bonchev–Trinajstić information content (AvgIpc) is 3.70. The molecule has 10 atom stereocenters. The number of benzene rings is 1. The van der Waals surface area contributed by atoms with Gasteiger partial charge in [0, 0.05) is 9.75 Å². The van der Waals surface area contributed by atoms with Crippen molar-refractivity contribution >= 4 is 22.7 Å². The third-order valence-electron chi connectivity index (χ3n) is 7.47. The van der Waals surface area contributed by atoms with E-state index in [1.54, 1.807) is 24.3 Å². The lowest BCUT2D eigenvalue weighted by molar-refractivity contribution is -0.277. The van der Waals surface area contributed by atoms with E-state index in [0.29, 0.717) is 24.3 Å². The van der Waals surface area contributed by atoms with E-state index in [9.17, 15) is 40.1 Å². The molecule has 12 nitrogen and oxygen atoms in total. The third-order valence-corrected chi connectivity index (χ3v) is 9.48. The number of halogens is 1. The monoisotopic (exact) mass is 674 g/mol. The predicted octanol–water partition coefficient (Wildman–Crippen LogP) is 0.340. The molecule has 250 valence electrons. The first-order valence-electron chi connectivity index (χ1n) is 14.4. The fourth-order valence-corrected chi connectivity index (χ4v) is 6.36. The lowest BCUT2D eigenvalue weighted by Gasteiger charge is -2.39. The molecule has 2 aliphatic heterocycles. The van der Waals surface area contributed by atoms with E-state index in [1.807, 2.05) is 17.7 Å². The smallest absolute Gasteiger partial charge is 0.229 e. The second-order valence-corrected chi connectivity index (χ2v) is 12.5. The topological polar surface area (TPSA) is 199 Å². The van der Waals surface area contributed by atoms with Crippen LogP contribution in [0, 0.1) is 5.82 Å². The van der Waals surface area contributed by atoms with Crippen LogP contribution < -0.4 is 9.47 Å². The molecule has 0 spiro atoms. The fourth-order valence-electron chi connectivity index (χ4n) is 4.80. The van der Waals surface area contributed by atoms with Gasteiger partial charge in [0.25, 0.3) is 0 Å². The van der Waals surface area contributed by atoms with Crippen molar-refractivity contribution in [1.82, 2.24) is 0 Å². The lowest BCUT2D eigenvalue weighted by atomic mass is 9.99. The molecule has 0 saturated carbocycles. The normalized spacial score (nSPS) is 31.6. The lowest BCUT2D eigenvalue weighted by Crippen LogP contribution is -2.60. The zero-order valence-corrected chi connectivity index (χ0v) is 26.0. The maximum atomic E-state index is 13.0. The molecule has 0 bridgehead atoms. The van der Waals surface area contributed by atoms with Gasteiger partial charge in [0.15, 0.2) is 0 Å². The number of rotatable bonds is 10. The van der Waals surface area contributed by atoms with Gasteiger partial charge in [-0.1, -0.05) is 19.1 Å². The number of aliphatic hydroxyl groups excluding tert-OH is 8. The summed E-state index contributed by atoms with van der Waals surface area (Å²) in [5, 5.41) is 80.9. The standard InChI is InChI=1S/C18H21FO6S.C12H18O6S/c19-11-4-1-10(2-5-11)3-6-14-12(7-8-26-14)24-18-17(23)16(22)15(21)13(9-20)25-18;1-2-8-6(3-4-19-8)17-12-11(16)10(15)9(14)7(5-13)18-12/h1-2,4-5,7-8,13,15-18,20-23H,3,6,9H2;3-4,7,9-16H,2,5H2,1H3. The number of ether oxygens (including phenoxy) is 4. The van der Waals surface area contributed by atoms with Crippen LogP contribution >= 0.6 is 22.7 Å². The molecule has 0 amide bonds. The average molecular weight is 675 g/mol. The molecule has 2 aromatic heterocycles. The summed E-state index contributed by atoms with van der Waals surface area (Å²) in [5.41, 5.74) is 0.985. The Morgan fingerprint density at radius 1 is 0.644 bits per heavy atom. The maximum absolute atomic E-state index is 13.0. The summed E-state index contributed by atoms with van der Waals surface area (Å²) in [6, 6.07) is 9.75. The van der Waals surface area contributed by atoms with Gasteiger partial charge < -0.3 is 59.8 Å². The Kier molecular flexibility index (Phi) is 13.1. The van der Waals surface area contributed by atoms with Crippen LogP contribution in [0.2, 0.25) is 0 Å². The number of aliphatic hydroxyl groups is 8. The second kappa shape index (κ2) is 16.5. The summed E-state index contributed by atoms with van der Waals surface area (Å²) in [5.74, 6) is 0.801. The van der Waals surface area contributed by atoms with Crippen molar-refractivity contribution in [1.29, 1.82) is 0 Å². The van der Waals surface area contributed by atoms with Gasteiger partial charge >= 0.3 is 0 Å². The minimum absolute atomic E-state index is 0.281. The van der Waals surface area contributed by atoms with E-state index in [-0.39, 0.29) is 5.82 Å². The molecule has 8 N–H and O–H groups in total. The minimum atomic E-state index is -1.48. The van der Waals surface area contributed by atoms with Gasteiger partial charge in [0.05, 0.1) is 13.2 Å². The van der Waals surface area contributed by atoms with E-state index in [1.165, 1.54) is 34.8 Å². The van der Waals surface area contributed by atoms with Crippen molar-refractivity contribution in [2.24, 2.45) is 0 Å². The molecule has 3 aromatic rings. The summed E-state index contributed by atoms with van der Waals surface area (Å²) < 4.78 is 34.8. The molecule has 5 rings (SSSR count). The Bertz CT molecular complexity index is 1300. The van der Waals surface area contributed by atoms with Crippen LogP contribution in [0.25, 0.3) is 0 Å². The number of hydrogen-bond acceptors (Lipinski definition) is 14. The van der Waals surface area contributed by atoms with Crippen molar-refractivity contribution < 1.29 is 64.2 Å². The Balaban J connectivity index is 0.000000215. The van der Waals surface area contributed by atoms with Crippen LogP contribution in [0.3, 0.4) is 0 Å². The maximum Gasteiger partial charge on any atom is 0.229 e. The number of thiophene rings is 2. The van der Waals surface area contributed by atoms with Gasteiger partial charge in [-0.25, -0.2) is 4.39 Å². The van der Waals surface area contributed by atoms with E-state index < -0.39 is 74.6 Å². The van der Waals surface area contributed by atoms with Crippen molar-refractivity contribution in [3.8, 4) is 11.5 Å². The molecule has 2 aliphatic rings. The Morgan fingerprint density at radius 3 is 1.58 bits per heavy atom. The quantitative estimate of drug-likeness (QED) is 0.147. The van der Waals surface area contributed by atoms with Crippen molar-refractivity contribution in [3.05, 3.63) is 68.3 Å². The highest BCUT2D eigenvalue weighted by molar-refractivity contribution is 7.10. The second-order valence-electron chi connectivity index (χ2n) is 10.5. The van der Waals surface area contributed by atoms with Crippen LogP contribution in [0.15, 0.2) is 47.2 Å². The van der Waals surface area contributed by atoms with Crippen LogP contribution in [0.1, 0.15) is 22.2 Å². The summed E-state index contributed by atoms with van der Waals surface area (Å²) in [6.07, 6.45) is -10.7. The van der Waals surface area contributed by atoms with Gasteiger partial charge in [0.2, 0.25) is 12.6 Å². The van der Waals surface area contributed by atoms with Gasteiger partial charge in [-0.2, -0.15) is 0 Å². The highest BCUT2D eigenvalue weighted by Crippen LogP contribution is 2.32. The molecule has 0 aliphatic carbocycles. The SMILES string of the molecule is CCc1sccc1OC1OC(CO)C(O)C(O)C1O.OCC1OC(Oc2ccsc2CCc2ccc(F)cc2)C(O)C(O)C1O. The van der Waals surface area contributed by atoms with Crippen molar-refractivity contribution in [3.63, 3.8) is 0 Å². The molecule has 2 saturated heterocycles. The minimum Gasteiger partial charge on any atom is -0.461 e. The van der Waals surface area contributed by atoms with Gasteiger partial charge in [-0.15, -0.1) is 22.7 Å². The molecule has 2 fully saturated rings. The molecule has 4 heterocycles. The molecular weight excluding hydrogens is 635 g/mol. The highest BCUT2D eigenvalue weighted by Gasteiger charge is 2.46. The molecular formula is C30H39FO12S2. The third kappa shape index (κ3) is 8.77. The summed E-state index contributed by atoms with van der Waals surface area (Å²) in [6.45, 7) is 1.01.